The van der Waals surface area contributed by atoms with E-state index in [-0.39, 0.29) is 11.5 Å². The molecule has 0 aromatic carbocycles. The molecule has 2 unspecified atom stereocenters. The molecule has 3 heteroatoms. The molecule has 18 heavy (non-hydrogen) atoms. The fourth-order valence-electron chi connectivity index (χ4n) is 2.44. The van der Waals surface area contributed by atoms with Gasteiger partial charge in [0.15, 0.2) is 0 Å². The number of aliphatic hydroxyl groups is 1. The molecule has 0 saturated heterocycles. The van der Waals surface area contributed by atoms with E-state index in [0.717, 1.165) is 12.3 Å². The second-order valence-electron chi connectivity index (χ2n) is 6.66. The van der Waals surface area contributed by atoms with Crippen molar-refractivity contribution in [2.24, 2.45) is 11.3 Å². The number of rotatable bonds is 6. The lowest BCUT2D eigenvalue weighted by Gasteiger charge is -2.25. The average Bonchev–Trinajstić information content (AvgIpc) is 2.91. The van der Waals surface area contributed by atoms with Crippen molar-refractivity contribution in [3.63, 3.8) is 0 Å². The van der Waals surface area contributed by atoms with Crippen LogP contribution in [0.25, 0.3) is 0 Å². The van der Waals surface area contributed by atoms with Crippen LogP contribution in [0.5, 0.6) is 0 Å². The van der Waals surface area contributed by atoms with Crippen LogP contribution in [0, 0.1) is 11.3 Å². The van der Waals surface area contributed by atoms with Crippen molar-refractivity contribution in [2.45, 2.75) is 52.2 Å². The topological polar surface area (TPSA) is 32.3 Å². The van der Waals surface area contributed by atoms with Crippen LogP contribution >= 0.6 is 11.3 Å². The van der Waals surface area contributed by atoms with Gasteiger partial charge in [0.05, 0.1) is 6.10 Å². The summed E-state index contributed by atoms with van der Waals surface area (Å²) in [4.78, 5) is 1.42. The fraction of sp³-hybridized carbons (Fsp3) is 0.733. The highest BCUT2D eigenvalue weighted by atomic mass is 32.1. The summed E-state index contributed by atoms with van der Waals surface area (Å²) in [5.74, 6) is 0.783. The van der Waals surface area contributed by atoms with E-state index in [4.69, 9.17) is 0 Å². The molecule has 1 heterocycles. The highest BCUT2D eigenvalue weighted by molar-refractivity contribution is 7.10. The summed E-state index contributed by atoms with van der Waals surface area (Å²) in [5.41, 5.74) is 0.194. The van der Waals surface area contributed by atoms with Gasteiger partial charge in [-0.1, -0.05) is 26.8 Å². The number of hydrogen-bond donors (Lipinski definition) is 2. The van der Waals surface area contributed by atoms with Crippen molar-refractivity contribution in [1.82, 2.24) is 5.32 Å². The van der Waals surface area contributed by atoms with Gasteiger partial charge >= 0.3 is 0 Å². The third kappa shape index (κ3) is 4.38. The molecule has 0 spiro atoms. The monoisotopic (exact) mass is 267 g/mol. The predicted octanol–water partition coefficient (Wildman–Crippen LogP) is 3.59. The maximum absolute atomic E-state index is 10.1. The Bertz CT molecular complexity index is 351. The molecule has 2 rings (SSSR count). The van der Waals surface area contributed by atoms with E-state index in [9.17, 15) is 5.11 Å². The highest BCUT2D eigenvalue weighted by Crippen LogP contribution is 2.42. The quantitative estimate of drug-likeness (QED) is 0.825. The Morgan fingerprint density at radius 3 is 2.67 bits per heavy atom. The van der Waals surface area contributed by atoms with Gasteiger partial charge < -0.3 is 10.4 Å². The van der Waals surface area contributed by atoms with Gasteiger partial charge in [-0.05, 0) is 42.0 Å². The molecule has 1 fully saturated rings. The van der Waals surface area contributed by atoms with Crippen LogP contribution in [0.3, 0.4) is 0 Å². The second-order valence-corrected chi connectivity index (χ2v) is 7.64. The SMILES string of the molecule is CC(C)(C)CC(O)CNC(c1cccs1)C1CC1. The molecule has 1 aromatic heterocycles. The van der Waals surface area contributed by atoms with Gasteiger partial charge in [0.1, 0.15) is 0 Å². The Labute approximate surface area is 114 Å². The Kier molecular flexibility index (Phi) is 4.46. The minimum Gasteiger partial charge on any atom is -0.392 e. The number of thiophene rings is 1. The molecule has 1 aliphatic carbocycles. The van der Waals surface area contributed by atoms with Crippen LogP contribution in [-0.4, -0.2) is 17.8 Å². The summed E-state index contributed by atoms with van der Waals surface area (Å²) < 4.78 is 0. The smallest absolute Gasteiger partial charge is 0.0669 e. The van der Waals surface area contributed by atoms with E-state index in [1.807, 2.05) is 11.3 Å². The van der Waals surface area contributed by atoms with Crippen LogP contribution in [0.2, 0.25) is 0 Å². The average molecular weight is 267 g/mol. The first kappa shape index (κ1) is 14.0. The first-order valence-corrected chi connectivity index (χ1v) is 7.78. The lowest BCUT2D eigenvalue weighted by Crippen LogP contribution is -2.33. The largest absolute Gasteiger partial charge is 0.392 e. The second kappa shape index (κ2) is 5.72. The minimum atomic E-state index is -0.244. The first-order valence-electron chi connectivity index (χ1n) is 6.90. The predicted molar refractivity (Wildman–Crippen MR) is 77.9 cm³/mol. The summed E-state index contributed by atoms with van der Waals surface area (Å²) in [6.45, 7) is 7.23. The maximum atomic E-state index is 10.1. The van der Waals surface area contributed by atoms with Crippen LogP contribution in [0.1, 0.15) is 51.0 Å². The summed E-state index contributed by atoms with van der Waals surface area (Å²) in [5, 5.41) is 15.8. The van der Waals surface area contributed by atoms with E-state index >= 15 is 0 Å². The van der Waals surface area contributed by atoms with Gasteiger partial charge in [-0.2, -0.15) is 0 Å². The summed E-state index contributed by atoms with van der Waals surface area (Å²) in [7, 11) is 0. The Hall–Kier alpha value is -0.380. The molecule has 0 radical (unpaired) electrons. The highest BCUT2D eigenvalue weighted by Gasteiger charge is 2.33. The molecular formula is C15H25NOS. The fourth-order valence-corrected chi connectivity index (χ4v) is 3.33. The van der Waals surface area contributed by atoms with Crippen molar-refractivity contribution in [1.29, 1.82) is 0 Å². The molecule has 2 nitrogen and oxygen atoms in total. The van der Waals surface area contributed by atoms with Crippen molar-refractivity contribution >= 4 is 11.3 Å². The van der Waals surface area contributed by atoms with Crippen molar-refractivity contribution in [3.05, 3.63) is 22.4 Å². The molecule has 2 N–H and O–H groups in total. The number of aliphatic hydroxyl groups excluding tert-OH is 1. The minimum absolute atomic E-state index is 0.194. The molecule has 1 saturated carbocycles. The molecule has 0 aliphatic heterocycles. The molecular weight excluding hydrogens is 242 g/mol. The Morgan fingerprint density at radius 1 is 1.44 bits per heavy atom. The van der Waals surface area contributed by atoms with Gasteiger partial charge in [-0.25, -0.2) is 0 Å². The maximum Gasteiger partial charge on any atom is 0.0669 e. The molecule has 0 amide bonds. The zero-order valence-electron chi connectivity index (χ0n) is 11.6. The summed E-state index contributed by atoms with van der Waals surface area (Å²) in [6, 6.07) is 4.78. The zero-order valence-corrected chi connectivity index (χ0v) is 12.5. The van der Waals surface area contributed by atoms with Crippen LogP contribution in [0.4, 0.5) is 0 Å². The van der Waals surface area contributed by atoms with E-state index in [1.54, 1.807) is 0 Å². The van der Waals surface area contributed by atoms with Crippen LogP contribution in [0.15, 0.2) is 17.5 Å². The van der Waals surface area contributed by atoms with E-state index in [0.29, 0.717) is 12.6 Å². The molecule has 102 valence electrons. The first-order chi connectivity index (χ1) is 8.46. The van der Waals surface area contributed by atoms with Crippen molar-refractivity contribution in [3.8, 4) is 0 Å². The van der Waals surface area contributed by atoms with Gasteiger partial charge in [0, 0.05) is 17.5 Å². The van der Waals surface area contributed by atoms with Gasteiger partial charge in [-0.15, -0.1) is 11.3 Å². The Morgan fingerprint density at radius 2 is 2.17 bits per heavy atom. The zero-order chi connectivity index (χ0) is 13.2. The van der Waals surface area contributed by atoms with Crippen LogP contribution in [-0.2, 0) is 0 Å². The number of nitrogens with one attached hydrogen (secondary N) is 1. The summed E-state index contributed by atoms with van der Waals surface area (Å²) in [6.07, 6.45) is 3.25. The molecule has 2 atom stereocenters. The van der Waals surface area contributed by atoms with Gasteiger partial charge in [0.25, 0.3) is 0 Å². The third-order valence-electron chi connectivity index (χ3n) is 3.36. The third-order valence-corrected chi connectivity index (χ3v) is 4.32. The van der Waals surface area contributed by atoms with E-state index in [1.165, 1.54) is 17.7 Å². The number of hydrogen-bond acceptors (Lipinski definition) is 3. The molecule has 0 bridgehead atoms. The van der Waals surface area contributed by atoms with E-state index < -0.39 is 0 Å². The standard InChI is InChI=1S/C15H25NOS/c1-15(2,3)9-12(17)10-16-14(11-6-7-11)13-5-4-8-18-13/h4-5,8,11-12,14,16-17H,6-7,9-10H2,1-3H3. The molecule has 1 aromatic rings. The summed E-state index contributed by atoms with van der Waals surface area (Å²) >= 11 is 1.82. The lowest BCUT2D eigenvalue weighted by molar-refractivity contribution is 0.115. The van der Waals surface area contributed by atoms with Crippen molar-refractivity contribution in [2.75, 3.05) is 6.54 Å². The van der Waals surface area contributed by atoms with Gasteiger partial charge in [0.2, 0.25) is 0 Å². The van der Waals surface area contributed by atoms with E-state index in [2.05, 4.69) is 43.6 Å². The van der Waals surface area contributed by atoms with Crippen LogP contribution < -0.4 is 5.32 Å². The lowest BCUT2D eigenvalue weighted by atomic mass is 9.89. The Balaban J connectivity index is 1.83. The normalized spacial score (nSPS) is 19.8. The van der Waals surface area contributed by atoms with Gasteiger partial charge in [-0.3, -0.25) is 0 Å². The van der Waals surface area contributed by atoms with Crippen molar-refractivity contribution < 1.29 is 5.11 Å². The molecule has 1 aliphatic rings.